The van der Waals surface area contributed by atoms with Gasteiger partial charge in [0.25, 0.3) is 5.91 Å². The van der Waals surface area contributed by atoms with E-state index < -0.39 is 30.4 Å². The molecule has 1 aliphatic heterocycles. The summed E-state index contributed by atoms with van der Waals surface area (Å²) in [6.07, 6.45) is 0.422. The van der Waals surface area contributed by atoms with Crippen molar-refractivity contribution in [2.75, 3.05) is 20.3 Å². The van der Waals surface area contributed by atoms with E-state index in [-0.39, 0.29) is 6.61 Å². The number of esters is 1. The zero-order valence-corrected chi connectivity index (χ0v) is 12.6. The Labute approximate surface area is 131 Å². The highest BCUT2D eigenvalue weighted by Gasteiger charge is 2.28. The van der Waals surface area contributed by atoms with Crippen molar-refractivity contribution >= 4 is 29.5 Å². The minimum absolute atomic E-state index is 0.171. The maximum absolute atomic E-state index is 11.9. The molecule has 0 unspecified atom stereocenters. The summed E-state index contributed by atoms with van der Waals surface area (Å²) in [6, 6.07) is 4.53. The molecule has 0 saturated heterocycles. The molecular weight excluding hydrogens is 312 g/mol. The normalized spacial score (nSPS) is 16.0. The van der Waals surface area contributed by atoms with Crippen LogP contribution in [0.2, 0.25) is 5.02 Å². The molecule has 1 aliphatic rings. The summed E-state index contributed by atoms with van der Waals surface area (Å²) < 4.78 is 10.4. The van der Waals surface area contributed by atoms with Crippen LogP contribution in [0, 0.1) is 5.92 Å². The second-order valence-corrected chi connectivity index (χ2v) is 5.14. The number of ether oxygens (including phenoxy) is 2. The first-order valence-electron chi connectivity index (χ1n) is 6.59. The number of carbonyl (C=O) groups excluding carboxylic acids is 3. The summed E-state index contributed by atoms with van der Waals surface area (Å²) in [5, 5.41) is 4.77. The van der Waals surface area contributed by atoms with Crippen LogP contribution in [-0.2, 0) is 20.7 Å². The third kappa shape index (κ3) is 4.11. The van der Waals surface area contributed by atoms with Crippen LogP contribution < -0.4 is 15.4 Å². The highest BCUT2D eigenvalue weighted by Crippen LogP contribution is 2.30. The molecule has 8 heteroatoms. The number of halogens is 1. The lowest BCUT2D eigenvalue weighted by atomic mass is 9.97. The maximum atomic E-state index is 11.9. The molecule has 118 valence electrons. The van der Waals surface area contributed by atoms with Crippen LogP contribution in [0.3, 0.4) is 0 Å². The number of fused-ring (bicyclic) bond motifs is 1. The molecule has 7 nitrogen and oxygen atoms in total. The van der Waals surface area contributed by atoms with Gasteiger partial charge in [0.2, 0.25) is 0 Å². The largest absolute Gasteiger partial charge is 0.492 e. The van der Waals surface area contributed by atoms with E-state index in [2.05, 4.69) is 5.32 Å². The molecule has 0 aliphatic carbocycles. The topological polar surface area (TPSA) is 93.7 Å². The molecule has 2 N–H and O–H groups in total. The van der Waals surface area contributed by atoms with Gasteiger partial charge in [-0.1, -0.05) is 11.6 Å². The van der Waals surface area contributed by atoms with Crippen molar-refractivity contribution < 1.29 is 23.9 Å². The van der Waals surface area contributed by atoms with Gasteiger partial charge >= 0.3 is 12.0 Å². The first kappa shape index (κ1) is 16.1. The molecule has 0 fully saturated rings. The molecule has 1 heterocycles. The smallest absolute Gasteiger partial charge is 0.321 e. The SMILES string of the molecule is CNC(=O)NC(=O)COC(=O)[C@@H]1COc2ccc(Cl)cc2C1. The molecule has 0 radical (unpaired) electrons. The van der Waals surface area contributed by atoms with E-state index in [4.69, 9.17) is 21.1 Å². The first-order valence-corrected chi connectivity index (χ1v) is 6.97. The number of imide groups is 1. The maximum Gasteiger partial charge on any atom is 0.321 e. The van der Waals surface area contributed by atoms with Crippen molar-refractivity contribution in [2.45, 2.75) is 6.42 Å². The number of hydrogen-bond acceptors (Lipinski definition) is 5. The highest BCUT2D eigenvalue weighted by molar-refractivity contribution is 6.30. The van der Waals surface area contributed by atoms with Gasteiger partial charge in [-0.05, 0) is 30.2 Å². The van der Waals surface area contributed by atoms with Gasteiger partial charge < -0.3 is 14.8 Å². The standard InChI is InChI=1S/C14H15ClN2O5/c1-16-14(20)17-12(18)7-22-13(19)9-4-8-5-10(15)2-3-11(8)21-6-9/h2-3,5,9H,4,6-7H2,1H3,(H2,16,17,18,20)/t9-/m0/s1. The fourth-order valence-electron chi connectivity index (χ4n) is 1.99. The van der Waals surface area contributed by atoms with Crippen molar-refractivity contribution in [1.82, 2.24) is 10.6 Å². The molecular formula is C14H15ClN2O5. The molecule has 1 aromatic rings. The lowest BCUT2D eigenvalue weighted by molar-refractivity contribution is -0.153. The van der Waals surface area contributed by atoms with E-state index in [1.807, 2.05) is 5.32 Å². The van der Waals surface area contributed by atoms with E-state index in [1.54, 1.807) is 18.2 Å². The Balaban J connectivity index is 1.86. The van der Waals surface area contributed by atoms with Gasteiger partial charge in [-0.25, -0.2) is 4.79 Å². The number of hydrogen-bond donors (Lipinski definition) is 2. The van der Waals surface area contributed by atoms with E-state index in [0.717, 1.165) is 5.56 Å². The zero-order chi connectivity index (χ0) is 16.1. The number of benzene rings is 1. The predicted molar refractivity (Wildman–Crippen MR) is 77.7 cm³/mol. The lowest BCUT2D eigenvalue weighted by Gasteiger charge is -2.24. The first-order chi connectivity index (χ1) is 10.5. The van der Waals surface area contributed by atoms with Crippen molar-refractivity contribution in [3.8, 4) is 5.75 Å². The van der Waals surface area contributed by atoms with Crippen LogP contribution in [0.1, 0.15) is 5.56 Å². The second-order valence-electron chi connectivity index (χ2n) is 4.70. The average molecular weight is 327 g/mol. The second kappa shape index (κ2) is 7.13. The van der Waals surface area contributed by atoms with Gasteiger partial charge in [0, 0.05) is 12.1 Å². The van der Waals surface area contributed by atoms with Gasteiger partial charge in [0.1, 0.15) is 12.4 Å². The number of amides is 3. The summed E-state index contributed by atoms with van der Waals surface area (Å²) in [5.74, 6) is -1.09. The van der Waals surface area contributed by atoms with Crippen molar-refractivity contribution in [3.63, 3.8) is 0 Å². The van der Waals surface area contributed by atoms with E-state index >= 15 is 0 Å². The summed E-state index contributed by atoms with van der Waals surface area (Å²) in [7, 11) is 1.37. The van der Waals surface area contributed by atoms with Crippen LogP contribution in [0.5, 0.6) is 5.75 Å². The third-order valence-electron chi connectivity index (χ3n) is 3.09. The van der Waals surface area contributed by atoms with E-state index in [0.29, 0.717) is 17.2 Å². The van der Waals surface area contributed by atoms with Crippen LogP contribution in [0.25, 0.3) is 0 Å². The molecule has 2 rings (SSSR count). The van der Waals surface area contributed by atoms with Crippen molar-refractivity contribution in [1.29, 1.82) is 0 Å². The molecule has 1 atom stereocenters. The van der Waals surface area contributed by atoms with E-state index in [9.17, 15) is 14.4 Å². The molecule has 0 spiro atoms. The number of carbonyl (C=O) groups is 3. The number of urea groups is 1. The van der Waals surface area contributed by atoms with Crippen LogP contribution in [0.4, 0.5) is 4.79 Å². The molecule has 0 saturated carbocycles. The number of nitrogens with one attached hydrogen (secondary N) is 2. The van der Waals surface area contributed by atoms with Gasteiger partial charge in [0.05, 0.1) is 5.92 Å². The molecule has 1 aromatic carbocycles. The summed E-state index contributed by atoms with van der Waals surface area (Å²) >= 11 is 5.91. The van der Waals surface area contributed by atoms with Crippen molar-refractivity contribution in [2.24, 2.45) is 5.92 Å². The van der Waals surface area contributed by atoms with Crippen LogP contribution >= 0.6 is 11.6 Å². The Morgan fingerprint density at radius 3 is 2.91 bits per heavy atom. The Morgan fingerprint density at radius 2 is 2.18 bits per heavy atom. The summed E-state index contributed by atoms with van der Waals surface area (Å²) in [5.41, 5.74) is 0.815. The highest BCUT2D eigenvalue weighted by atomic mass is 35.5. The summed E-state index contributed by atoms with van der Waals surface area (Å²) in [6.45, 7) is -0.352. The molecule has 3 amide bonds. The van der Waals surface area contributed by atoms with Gasteiger partial charge in [-0.3, -0.25) is 14.9 Å². The Morgan fingerprint density at radius 1 is 1.41 bits per heavy atom. The average Bonchev–Trinajstić information content (AvgIpc) is 2.51. The quantitative estimate of drug-likeness (QED) is 0.805. The van der Waals surface area contributed by atoms with Gasteiger partial charge in [-0.2, -0.15) is 0 Å². The van der Waals surface area contributed by atoms with Crippen LogP contribution in [-0.4, -0.2) is 38.2 Å². The molecule has 22 heavy (non-hydrogen) atoms. The number of rotatable bonds is 3. The fraction of sp³-hybridized carbons (Fsp3) is 0.357. The Bertz CT molecular complexity index is 605. The van der Waals surface area contributed by atoms with Crippen molar-refractivity contribution in [3.05, 3.63) is 28.8 Å². The monoisotopic (exact) mass is 326 g/mol. The zero-order valence-electron chi connectivity index (χ0n) is 11.8. The fourth-order valence-corrected chi connectivity index (χ4v) is 2.19. The van der Waals surface area contributed by atoms with E-state index in [1.165, 1.54) is 7.05 Å². The lowest BCUT2D eigenvalue weighted by Crippen LogP contribution is -2.40. The third-order valence-corrected chi connectivity index (χ3v) is 3.32. The Hall–Kier alpha value is -2.28. The summed E-state index contributed by atoms with van der Waals surface area (Å²) in [4.78, 5) is 34.2. The molecule has 0 aromatic heterocycles. The Kier molecular flexibility index (Phi) is 5.21. The minimum atomic E-state index is -0.701. The predicted octanol–water partition coefficient (Wildman–Crippen LogP) is 0.890. The van der Waals surface area contributed by atoms with Crippen LogP contribution in [0.15, 0.2) is 18.2 Å². The minimum Gasteiger partial charge on any atom is -0.492 e. The molecule has 0 bridgehead atoms. The van der Waals surface area contributed by atoms with Gasteiger partial charge in [-0.15, -0.1) is 0 Å². The van der Waals surface area contributed by atoms with Gasteiger partial charge in [0.15, 0.2) is 6.61 Å².